The van der Waals surface area contributed by atoms with E-state index in [4.69, 9.17) is 0 Å². The Morgan fingerprint density at radius 1 is 1.06 bits per heavy atom. The standard InChI is InChI=1S/C9H18NO7P/c11-5-4(10-8(14)7(13)6(5)12)3-9(1-2-9)18(15,16)17/h4-8,10-14H,1-3H2,(H2,15,16,17)/t4-,5-,6+,7+,8-/m1/s1. The fourth-order valence-electron chi connectivity index (χ4n) is 2.39. The highest BCUT2D eigenvalue weighted by Crippen LogP contribution is 2.67. The van der Waals surface area contributed by atoms with Crippen molar-refractivity contribution in [3.8, 4) is 0 Å². The summed E-state index contributed by atoms with van der Waals surface area (Å²) >= 11 is 0. The van der Waals surface area contributed by atoms with Crippen LogP contribution in [-0.2, 0) is 4.57 Å². The van der Waals surface area contributed by atoms with Crippen molar-refractivity contribution in [2.75, 3.05) is 0 Å². The van der Waals surface area contributed by atoms with Gasteiger partial charge in [0.05, 0.1) is 11.3 Å². The lowest BCUT2D eigenvalue weighted by Crippen LogP contribution is -2.65. The monoisotopic (exact) mass is 283 g/mol. The molecule has 0 amide bonds. The Labute approximate surface area is 103 Å². The minimum Gasteiger partial charge on any atom is -0.389 e. The summed E-state index contributed by atoms with van der Waals surface area (Å²) in [6.45, 7) is 0. The molecule has 0 aromatic heterocycles. The van der Waals surface area contributed by atoms with Gasteiger partial charge in [0.15, 0.2) is 0 Å². The number of hydrogen-bond acceptors (Lipinski definition) is 6. The van der Waals surface area contributed by atoms with Crippen molar-refractivity contribution in [1.29, 1.82) is 0 Å². The summed E-state index contributed by atoms with van der Waals surface area (Å²) in [6.07, 6.45) is -5.25. The van der Waals surface area contributed by atoms with Crippen molar-refractivity contribution < 1.29 is 34.8 Å². The molecule has 1 aliphatic carbocycles. The molecule has 2 rings (SSSR count). The Hall–Kier alpha value is -0.0500. The molecule has 2 aliphatic rings. The molecule has 1 aliphatic heterocycles. The van der Waals surface area contributed by atoms with Crippen LogP contribution in [0.4, 0.5) is 0 Å². The molecule has 0 spiro atoms. The number of aliphatic hydroxyl groups excluding tert-OH is 4. The molecule has 0 aromatic carbocycles. The van der Waals surface area contributed by atoms with Gasteiger partial charge in [0.1, 0.15) is 18.4 Å². The molecule has 0 radical (unpaired) electrons. The predicted octanol–water partition coefficient (Wildman–Crippen LogP) is -2.54. The van der Waals surface area contributed by atoms with Crippen LogP contribution in [0.5, 0.6) is 0 Å². The molecule has 1 saturated carbocycles. The van der Waals surface area contributed by atoms with Gasteiger partial charge < -0.3 is 30.2 Å². The second-order valence-electron chi connectivity index (χ2n) is 5.16. The average Bonchev–Trinajstić information content (AvgIpc) is 3.03. The van der Waals surface area contributed by atoms with Gasteiger partial charge in [-0.1, -0.05) is 0 Å². The molecule has 9 heteroatoms. The van der Waals surface area contributed by atoms with Crippen LogP contribution >= 0.6 is 7.60 Å². The maximum absolute atomic E-state index is 11.3. The van der Waals surface area contributed by atoms with Crippen molar-refractivity contribution in [1.82, 2.24) is 5.32 Å². The van der Waals surface area contributed by atoms with Gasteiger partial charge in [-0.3, -0.25) is 9.88 Å². The fraction of sp³-hybridized carbons (Fsp3) is 1.00. The Morgan fingerprint density at radius 3 is 2.06 bits per heavy atom. The van der Waals surface area contributed by atoms with E-state index in [0.29, 0.717) is 12.8 Å². The van der Waals surface area contributed by atoms with E-state index in [0.717, 1.165) is 0 Å². The smallest absolute Gasteiger partial charge is 0.331 e. The Morgan fingerprint density at radius 2 is 1.61 bits per heavy atom. The normalized spacial score (nSPS) is 43.8. The van der Waals surface area contributed by atoms with Crippen LogP contribution in [-0.4, -0.2) is 66.0 Å². The molecule has 0 aromatic rings. The van der Waals surface area contributed by atoms with Crippen molar-refractivity contribution in [2.45, 2.75) is 55.0 Å². The molecular weight excluding hydrogens is 265 g/mol. The zero-order valence-corrected chi connectivity index (χ0v) is 10.4. The molecule has 1 saturated heterocycles. The van der Waals surface area contributed by atoms with Gasteiger partial charge >= 0.3 is 7.60 Å². The first-order valence-electron chi connectivity index (χ1n) is 5.72. The number of aliphatic hydroxyl groups is 4. The molecule has 5 atom stereocenters. The van der Waals surface area contributed by atoms with Crippen LogP contribution in [0.2, 0.25) is 0 Å². The summed E-state index contributed by atoms with van der Waals surface area (Å²) in [5.74, 6) is 0. The van der Waals surface area contributed by atoms with E-state index in [1.807, 2.05) is 0 Å². The van der Waals surface area contributed by atoms with E-state index < -0.39 is 43.3 Å². The summed E-state index contributed by atoms with van der Waals surface area (Å²) in [7, 11) is -4.28. The number of nitrogens with one attached hydrogen (secondary N) is 1. The van der Waals surface area contributed by atoms with Crippen LogP contribution in [0, 0.1) is 0 Å². The first-order chi connectivity index (χ1) is 8.18. The van der Waals surface area contributed by atoms with Crippen LogP contribution in [0.3, 0.4) is 0 Å². The largest absolute Gasteiger partial charge is 0.389 e. The molecule has 18 heavy (non-hydrogen) atoms. The summed E-state index contributed by atoms with van der Waals surface area (Å²) < 4.78 is 11.3. The summed E-state index contributed by atoms with van der Waals surface area (Å²) in [4.78, 5) is 18.5. The van der Waals surface area contributed by atoms with E-state index in [-0.39, 0.29) is 6.42 Å². The van der Waals surface area contributed by atoms with Gasteiger partial charge in [-0.05, 0) is 19.3 Å². The minimum atomic E-state index is -4.28. The highest BCUT2D eigenvalue weighted by molar-refractivity contribution is 7.54. The summed E-state index contributed by atoms with van der Waals surface area (Å²) in [5, 5.41) is 39.3. The van der Waals surface area contributed by atoms with Crippen LogP contribution in [0.25, 0.3) is 0 Å². The second-order valence-corrected chi connectivity index (χ2v) is 7.20. The van der Waals surface area contributed by atoms with Crippen LogP contribution in [0.15, 0.2) is 0 Å². The third kappa shape index (κ3) is 2.35. The van der Waals surface area contributed by atoms with Crippen LogP contribution < -0.4 is 5.32 Å². The predicted molar refractivity (Wildman–Crippen MR) is 59.6 cm³/mol. The number of piperidine rings is 1. The van der Waals surface area contributed by atoms with Crippen molar-refractivity contribution >= 4 is 7.60 Å². The zero-order chi connectivity index (χ0) is 13.7. The van der Waals surface area contributed by atoms with Gasteiger partial charge in [-0.25, -0.2) is 0 Å². The van der Waals surface area contributed by atoms with E-state index in [9.17, 15) is 34.8 Å². The molecule has 0 unspecified atom stereocenters. The molecule has 7 N–H and O–H groups in total. The van der Waals surface area contributed by atoms with Crippen molar-refractivity contribution in [2.24, 2.45) is 0 Å². The fourth-order valence-corrected chi connectivity index (χ4v) is 3.52. The van der Waals surface area contributed by atoms with E-state index in [1.54, 1.807) is 0 Å². The zero-order valence-electron chi connectivity index (χ0n) is 9.55. The highest BCUT2D eigenvalue weighted by Gasteiger charge is 2.59. The number of rotatable bonds is 3. The maximum Gasteiger partial charge on any atom is 0.331 e. The van der Waals surface area contributed by atoms with E-state index >= 15 is 0 Å². The topological polar surface area (TPSA) is 150 Å². The SMILES string of the molecule is O=P(O)(O)C1(C[C@H]2N[C@H](O)[C@@H](O)[C@@H](O)[C@@H]2O)CC1. The van der Waals surface area contributed by atoms with Gasteiger partial charge in [0.2, 0.25) is 0 Å². The summed E-state index contributed by atoms with van der Waals surface area (Å²) in [5.41, 5.74) is 0. The summed E-state index contributed by atoms with van der Waals surface area (Å²) in [6, 6.07) is -0.867. The minimum absolute atomic E-state index is 0.0563. The molecule has 0 bridgehead atoms. The van der Waals surface area contributed by atoms with Gasteiger partial charge in [0, 0.05) is 6.04 Å². The lowest BCUT2D eigenvalue weighted by molar-refractivity contribution is -0.158. The van der Waals surface area contributed by atoms with Gasteiger partial charge in [-0.2, -0.15) is 0 Å². The maximum atomic E-state index is 11.3. The molecular formula is C9H18NO7P. The highest BCUT2D eigenvalue weighted by atomic mass is 31.2. The lowest BCUT2D eigenvalue weighted by atomic mass is 9.91. The van der Waals surface area contributed by atoms with Gasteiger partial charge in [0.25, 0.3) is 0 Å². The quantitative estimate of drug-likeness (QED) is 0.280. The molecule has 1 heterocycles. The lowest BCUT2D eigenvalue weighted by Gasteiger charge is -2.40. The third-order valence-electron chi connectivity index (χ3n) is 3.87. The Balaban J connectivity index is 2.08. The van der Waals surface area contributed by atoms with Crippen molar-refractivity contribution in [3.05, 3.63) is 0 Å². The average molecular weight is 283 g/mol. The third-order valence-corrected chi connectivity index (χ3v) is 5.73. The molecule has 106 valence electrons. The number of hydrogen-bond donors (Lipinski definition) is 7. The second kappa shape index (κ2) is 4.50. The molecule has 2 fully saturated rings. The molecule has 8 nitrogen and oxygen atoms in total. The Kier molecular flexibility index (Phi) is 3.59. The Bertz CT molecular complexity index is 368. The first-order valence-corrected chi connectivity index (χ1v) is 7.33. The van der Waals surface area contributed by atoms with E-state index in [2.05, 4.69) is 5.32 Å². The first kappa shape index (κ1) is 14.4. The van der Waals surface area contributed by atoms with Gasteiger partial charge in [-0.15, -0.1) is 0 Å². The van der Waals surface area contributed by atoms with Crippen LogP contribution in [0.1, 0.15) is 19.3 Å². The van der Waals surface area contributed by atoms with E-state index in [1.165, 1.54) is 0 Å². The van der Waals surface area contributed by atoms with Crippen molar-refractivity contribution in [3.63, 3.8) is 0 Å².